The Balaban J connectivity index is 1.73. The largest absolute Gasteiger partial charge is 0.490 e. The van der Waals surface area contributed by atoms with Gasteiger partial charge in [0.05, 0.1) is 5.02 Å². The third-order valence-electron chi connectivity index (χ3n) is 3.81. The van der Waals surface area contributed by atoms with Gasteiger partial charge in [-0.1, -0.05) is 11.6 Å². The smallest absolute Gasteiger partial charge is 0.145 e. The summed E-state index contributed by atoms with van der Waals surface area (Å²) in [6.45, 7) is 2.07. The Bertz CT molecular complexity index is 430. The highest BCUT2D eigenvalue weighted by atomic mass is 35.5. The molecule has 18 heavy (non-hydrogen) atoms. The van der Waals surface area contributed by atoms with Crippen LogP contribution in [0.5, 0.6) is 5.75 Å². The van der Waals surface area contributed by atoms with Crippen LogP contribution in [0.25, 0.3) is 0 Å². The van der Waals surface area contributed by atoms with Gasteiger partial charge in [-0.05, 0) is 43.9 Å². The Morgan fingerprint density at radius 2 is 2.11 bits per heavy atom. The monoisotopic (exact) mass is 269 g/mol. The van der Waals surface area contributed by atoms with Crippen molar-refractivity contribution >= 4 is 11.6 Å². The molecule has 0 radical (unpaired) electrons. The SMILES string of the molecule is Fc1cc(OC(C2CC2)[C@H]2CCNC2)ccc1Cl. The Kier molecular flexibility index (Phi) is 3.44. The molecule has 0 aromatic heterocycles. The van der Waals surface area contributed by atoms with Crippen molar-refractivity contribution in [1.29, 1.82) is 0 Å². The summed E-state index contributed by atoms with van der Waals surface area (Å²) in [4.78, 5) is 0. The topological polar surface area (TPSA) is 21.3 Å². The summed E-state index contributed by atoms with van der Waals surface area (Å²) in [5, 5.41) is 3.51. The molecule has 1 N–H and O–H groups in total. The normalized spacial score (nSPS) is 25.1. The van der Waals surface area contributed by atoms with E-state index in [4.69, 9.17) is 16.3 Å². The van der Waals surface area contributed by atoms with Gasteiger partial charge < -0.3 is 10.1 Å². The average Bonchev–Trinajstić information content (AvgIpc) is 3.05. The number of hydrogen-bond acceptors (Lipinski definition) is 2. The fourth-order valence-electron chi connectivity index (χ4n) is 2.67. The summed E-state index contributed by atoms with van der Waals surface area (Å²) in [7, 11) is 0. The minimum atomic E-state index is -0.409. The number of nitrogens with one attached hydrogen (secondary N) is 1. The van der Waals surface area contributed by atoms with E-state index in [9.17, 15) is 4.39 Å². The molecule has 1 aliphatic carbocycles. The van der Waals surface area contributed by atoms with E-state index in [1.165, 1.54) is 18.9 Å². The van der Waals surface area contributed by atoms with Crippen LogP contribution in [0.4, 0.5) is 4.39 Å². The van der Waals surface area contributed by atoms with Crippen LogP contribution in [-0.4, -0.2) is 19.2 Å². The van der Waals surface area contributed by atoms with E-state index >= 15 is 0 Å². The number of hydrogen-bond donors (Lipinski definition) is 1. The number of ether oxygens (including phenoxy) is 1. The summed E-state index contributed by atoms with van der Waals surface area (Å²) in [6.07, 6.45) is 3.84. The molecule has 1 saturated heterocycles. The van der Waals surface area contributed by atoms with Gasteiger partial charge >= 0.3 is 0 Å². The van der Waals surface area contributed by atoms with Gasteiger partial charge in [-0.25, -0.2) is 4.39 Å². The Morgan fingerprint density at radius 1 is 1.28 bits per heavy atom. The molecule has 1 aromatic carbocycles. The molecule has 2 fully saturated rings. The highest BCUT2D eigenvalue weighted by molar-refractivity contribution is 6.30. The maximum atomic E-state index is 13.4. The predicted molar refractivity (Wildman–Crippen MR) is 69.5 cm³/mol. The van der Waals surface area contributed by atoms with Crippen molar-refractivity contribution in [3.63, 3.8) is 0 Å². The second kappa shape index (κ2) is 5.06. The molecule has 1 aliphatic heterocycles. The Morgan fingerprint density at radius 3 is 2.72 bits per heavy atom. The van der Waals surface area contributed by atoms with Crippen LogP contribution in [-0.2, 0) is 0 Å². The molecular formula is C14H17ClFNO. The highest BCUT2D eigenvalue weighted by Gasteiger charge is 2.39. The quantitative estimate of drug-likeness (QED) is 0.906. The van der Waals surface area contributed by atoms with Gasteiger partial charge in [-0.3, -0.25) is 0 Å². The van der Waals surface area contributed by atoms with E-state index in [1.54, 1.807) is 12.1 Å². The fourth-order valence-corrected chi connectivity index (χ4v) is 2.78. The van der Waals surface area contributed by atoms with Crippen molar-refractivity contribution in [3.05, 3.63) is 29.0 Å². The van der Waals surface area contributed by atoms with Crippen LogP contribution in [0.2, 0.25) is 5.02 Å². The maximum Gasteiger partial charge on any atom is 0.145 e. The lowest BCUT2D eigenvalue weighted by molar-refractivity contribution is 0.120. The van der Waals surface area contributed by atoms with Gasteiger partial charge in [0.2, 0.25) is 0 Å². The van der Waals surface area contributed by atoms with Crippen molar-refractivity contribution in [2.24, 2.45) is 11.8 Å². The Hall–Kier alpha value is -0.800. The minimum Gasteiger partial charge on any atom is -0.490 e. The molecule has 4 heteroatoms. The minimum absolute atomic E-state index is 0.146. The fraction of sp³-hybridized carbons (Fsp3) is 0.571. The van der Waals surface area contributed by atoms with Crippen LogP contribution in [0.1, 0.15) is 19.3 Å². The van der Waals surface area contributed by atoms with Gasteiger partial charge in [0.1, 0.15) is 17.7 Å². The van der Waals surface area contributed by atoms with Crippen molar-refractivity contribution in [3.8, 4) is 5.75 Å². The van der Waals surface area contributed by atoms with E-state index < -0.39 is 5.82 Å². The lowest BCUT2D eigenvalue weighted by Gasteiger charge is -2.24. The van der Waals surface area contributed by atoms with Crippen molar-refractivity contribution < 1.29 is 9.13 Å². The summed E-state index contributed by atoms with van der Waals surface area (Å²) in [6, 6.07) is 4.70. The van der Waals surface area contributed by atoms with Gasteiger partial charge in [-0.15, -0.1) is 0 Å². The first-order valence-electron chi connectivity index (χ1n) is 6.56. The van der Waals surface area contributed by atoms with E-state index in [0.717, 1.165) is 19.5 Å². The highest BCUT2D eigenvalue weighted by Crippen LogP contribution is 2.40. The molecule has 0 bridgehead atoms. The molecule has 1 aromatic rings. The lowest BCUT2D eigenvalue weighted by Crippen LogP contribution is -2.30. The standard InChI is InChI=1S/C14H17ClFNO/c15-12-4-3-11(7-13(12)16)18-14(9-1-2-9)10-5-6-17-8-10/h3-4,7,9-10,14,17H,1-2,5-6,8H2/t10-,14?/m0/s1. The van der Waals surface area contributed by atoms with Crippen LogP contribution >= 0.6 is 11.6 Å². The second-order valence-corrected chi connectivity index (χ2v) is 5.66. The first-order chi connectivity index (χ1) is 8.74. The molecule has 1 unspecified atom stereocenters. The summed E-state index contributed by atoms with van der Waals surface area (Å²) < 4.78 is 19.4. The van der Waals surface area contributed by atoms with Crippen LogP contribution in [0, 0.1) is 17.7 Å². The number of benzene rings is 1. The van der Waals surface area contributed by atoms with Crippen molar-refractivity contribution in [1.82, 2.24) is 5.32 Å². The van der Waals surface area contributed by atoms with Crippen molar-refractivity contribution in [2.75, 3.05) is 13.1 Å². The molecule has 1 saturated carbocycles. The molecular weight excluding hydrogens is 253 g/mol. The zero-order valence-corrected chi connectivity index (χ0v) is 10.9. The number of halogens is 2. The molecule has 98 valence electrons. The first kappa shape index (κ1) is 12.2. The zero-order valence-electron chi connectivity index (χ0n) is 10.2. The predicted octanol–water partition coefficient (Wildman–Crippen LogP) is 3.25. The van der Waals surface area contributed by atoms with E-state index in [-0.39, 0.29) is 11.1 Å². The zero-order chi connectivity index (χ0) is 12.5. The van der Waals surface area contributed by atoms with Crippen LogP contribution in [0.3, 0.4) is 0 Å². The molecule has 2 atom stereocenters. The summed E-state index contributed by atoms with van der Waals surface area (Å²) in [5.74, 6) is 1.39. The third kappa shape index (κ3) is 2.62. The molecule has 3 rings (SSSR count). The molecule has 1 heterocycles. The lowest BCUT2D eigenvalue weighted by atomic mass is 9.97. The second-order valence-electron chi connectivity index (χ2n) is 5.25. The first-order valence-corrected chi connectivity index (χ1v) is 6.94. The summed E-state index contributed by atoms with van der Waals surface area (Å²) in [5.41, 5.74) is 0. The third-order valence-corrected chi connectivity index (χ3v) is 4.12. The number of rotatable bonds is 4. The van der Waals surface area contributed by atoms with Gasteiger partial charge in [-0.2, -0.15) is 0 Å². The summed E-state index contributed by atoms with van der Waals surface area (Å²) >= 11 is 5.68. The Labute approximate surface area is 111 Å². The van der Waals surface area contributed by atoms with Gasteiger partial charge in [0.25, 0.3) is 0 Å². The van der Waals surface area contributed by atoms with Crippen molar-refractivity contribution in [2.45, 2.75) is 25.4 Å². The van der Waals surface area contributed by atoms with E-state index in [0.29, 0.717) is 17.6 Å². The molecule has 2 nitrogen and oxygen atoms in total. The average molecular weight is 270 g/mol. The van der Waals surface area contributed by atoms with E-state index in [1.807, 2.05) is 0 Å². The maximum absolute atomic E-state index is 13.4. The van der Waals surface area contributed by atoms with Crippen LogP contribution in [0.15, 0.2) is 18.2 Å². The molecule has 2 aliphatic rings. The van der Waals surface area contributed by atoms with Crippen LogP contribution < -0.4 is 10.1 Å². The van der Waals surface area contributed by atoms with E-state index in [2.05, 4.69) is 5.32 Å². The van der Waals surface area contributed by atoms with Gasteiger partial charge in [0, 0.05) is 18.5 Å². The van der Waals surface area contributed by atoms with Gasteiger partial charge in [0.15, 0.2) is 0 Å². The molecule has 0 amide bonds. The molecule has 0 spiro atoms.